The van der Waals surface area contributed by atoms with E-state index in [2.05, 4.69) is 13.8 Å². The van der Waals surface area contributed by atoms with E-state index < -0.39 is 11.7 Å². The Morgan fingerprint density at radius 2 is 1.83 bits per heavy atom. The topological polar surface area (TPSA) is 91.1 Å². The van der Waals surface area contributed by atoms with Gasteiger partial charge in [0, 0.05) is 18.5 Å². The standard InChI is InChI=1S/C21H30N4O4/c1-6-14-9-8-10-15(7-2)18(14)24-19(25(27)28)16-13-23(12-11-17(16)22-24)20(26)29-21(3,4)5/h8-10,27-28H,6-7,11-13H2,1-5H3. The third-order valence-electron chi connectivity index (χ3n) is 5.02. The number of carbonyl (C=O) groups is 1. The van der Waals surface area contributed by atoms with E-state index in [0.717, 1.165) is 35.3 Å². The molecule has 1 amide bonds. The van der Waals surface area contributed by atoms with Crippen LogP contribution >= 0.6 is 0 Å². The molecule has 0 radical (unpaired) electrons. The van der Waals surface area contributed by atoms with E-state index in [0.29, 0.717) is 18.5 Å². The van der Waals surface area contributed by atoms with E-state index in [1.54, 1.807) is 9.58 Å². The molecule has 0 fully saturated rings. The smallest absolute Gasteiger partial charge is 0.410 e. The van der Waals surface area contributed by atoms with Gasteiger partial charge in [-0.2, -0.15) is 5.10 Å². The number of hydrogen-bond acceptors (Lipinski definition) is 6. The van der Waals surface area contributed by atoms with Gasteiger partial charge >= 0.3 is 6.09 Å². The van der Waals surface area contributed by atoms with E-state index in [4.69, 9.17) is 9.84 Å². The number of amides is 1. The molecule has 0 saturated carbocycles. The Bertz CT molecular complexity index is 877. The molecule has 3 rings (SSSR count). The molecule has 8 nitrogen and oxygen atoms in total. The molecule has 0 atom stereocenters. The van der Waals surface area contributed by atoms with Crippen molar-refractivity contribution in [3.05, 3.63) is 40.6 Å². The lowest BCUT2D eigenvalue weighted by molar-refractivity contribution is 0.0183. The van der Waals surface area contributed by atoms with Crippen LogP contribution in [0.4, 0.5) is 10.6 Å². The summed E-state index contributed by atoms with van der Waals surface area (Å²) in [5, 5.41) is 24.9. The second-order valence-corrected chi connectivity index (χ2v) is 8.23. The highest BCUT2D eigenvalue weighted by Gasteiger charge is 2.32. The van der Waals surface area contributed by atoms with Gasteiger partial charge in [-0.1, -0.05) is 32.0 Å². The van der Waals surface area contributed by atoms with Gasteiger partial charge in [0.05, 0.1) is 17.9 Å². The van der Waals surface area contributed by atoms with Crippen LogP contribution in [0.15, 0.2) is 18.2 Å². The monoisotopic (exact) mass is 402 g/mol. The van der Waals surface area contributed by atoms with Gasteiger partial charge in [-0.3, -0.25) is 10.4 Å². The van der Waals surface area contributed by atoms with Gasteiger partial charge in [0.25, 0.3) is 0 Å². The zero-order valence-electron chi connectivity index (χ0n) is 17.8. The maximum atomic E-state index is 12.5. The average molecular weight is 402 g/mol. The van der Waals surface area contributed by atoms with Crippen molar-refractivity contribution in [2.75, 3.05) is 11.8 Å². The minimum Gasteiger partial charge on any atom is -0.444 e. The largest absolute Gasteiger partial charge is 0.444 e. The summed E-state index contributed by atoms with van der Waals surface area (Å²) in [6, 6.07) is 6.04. The Labute approximate surface area is 171 Å². The molecule has 1 aliphatic rings. The van der Waals surface area contributed by atoms with Crippen LogP contribution in [0.25, 0.3) is 5.69 Å². The Morgan fingerprint density at radius 3 is 2.34 bits per heavy atom. The second-order valence-electron chi connectivity index (χ2n) is 8.23. The van der Waals surface area contributed by atoms with Crippen molar-refractivity contribution in [3.8, 4) is 5.69 Å². The second kappa shape index (κ2) is 8.04. The molecular formula is C21H30N4O4. The quantitative estimate of drug-likeness (QED) is 0.755. The van der Waals surface area contributed by atoms with Crippen molar-refractivity contribution in [1.29, 1.82) is 0 Å². The third kappa shape index (κ3) is 4.23. The predicted octanol–water partition coefficient (Wildman–Crippen LogP) is 3.88. The predicted molar refractivity (Wildman–Crippen MR) is 109 cm³/mol. The number of para-hydroxylation sites is 1. The third-order valence-corrected chi connectivity index (χ3v) is 5.02. The molecule has 2 aromatic rings. The number of rotatable bonds is 4. The van der Waals surface area contributed by atoms with Crippen molar-refractivity contribution in [2.24, 2.45) is 0 Å². The lowest BCUT2D eigenvalue weighted by Crippen LogP contribution is -2.40. The van der Waals surface area contributed by atoms with Gasteiger partial charge in [-0.25, -0.2) is 9.48 Å². The minimum absolute atomic E-state index is 0.107. The number of fused-ring (bicyclic) bond motifs is 1. The fraction of sp³-hybridized carbons (Fsp3) is 0.524. The number of anilines is 1. The molecule has 0 saturated heterocycles. The molecule has 158 valence electrons. The summed E-state index contributed by atoms with van der Waals surface area (Å²) in [4.78, 5) is 14.1. The van der Waals surface area contributed by atoms with Crippen molar-refractivity contribution < 1.29 is 19.9 Å². The maximum absolute atomic E-state index is 12.5. The molecule has 29 heavy (non-hydrogen) atoms. The van der Waals surface area contributed by atoms with Crippen molar-refractivity contribution >= 4 is 11.9 Å². The summed E-state index contributed by atoms with van der Waals surface area (Å²) in [5.74, 6) is 0.156. The van der Waals surface area contributed by atoms with Crippen LogP contribution in [0.5, 0.6) is 0 Å². The summed E-state index contributed by atoms with van der Waals surface area (Å²) < 4.78 is 7.08. The summed E-state index contributed by atoms with van der Waals surface area (Å²) in [6.45, 7) is 10.2. The first-order valence-corrected chi connectivity index (χ1v) is 10.0. The van der Waals surface area contributed by atoms with Crippen LogP contribution in [0.2, 0.25) is 0 Å². The van der Waals surface area contributed by atoms with Crippen LogP contribution < -0.4 is 5.23 Å². The van der Waals surface area contributed by atoms with Crippen LogP contribution in [-0.2, 0) is 30.5 Å². The van der Waals surface area contributed by atoms with Crippen LogP contribution in [0.3, 0.4) is 0 Å². The highest BCUT2D eigenvalue weighted by molar-refractivity contribution is 5.69. The first-order chi connectivity index (χ1) is 13.7. The summed E-state index contributed by atoms with van der Waals surface area (Å²) in [7, 11) is 0. The van der Waals surface area contributed by atoms with E-state index in [1.807, 2.05) is 39.0 Å². The Balaban J connectivity index is 2.07. The van der Waals surface area contributed by atoms with E-state index in [1.165, 1.54) is 0 Å². The van der Waals surface area contributed by atoms with Gasteiger partial charge in [-0.15, -0.1) is 5.23 Å². The van der Waals surface area contributed by atoms with Gasteiger partial charge in [0.15, 0.2) is 5.82 Å². The highest BCUT2D eigenvalue weighted by atomic mass is 16.8. The molecule has 0 unspecified atom stereocenters. The van der Waals surface area contributed by atoms with Crippen molar-refractivity contribution in [2.45, 2.75) is 66.0 Å². The molecule has 0 aliphatic carbocycles. The summed E-state index contributed by atoms with van der Waals surface area (Å²) >= 11 is 0. The number of nitrogens with zero attached hydrogens (tertiary/aromatic N) is 4. The molecule has 0 spiro atoms. The van der Waals surface area contributed by atoms with Crippen LogP contribution in [-0.4, -0.2) is 43.3 Å². The first-order valence-electron chi connectivity index (χ1n) is 10.0. The molecule has 1 aromatic carbocycles. The number of benzene rings is 1. The van der Waals surface area contributed by atoms with E-state index in [-0.39, 0.29) is 17.6 Å². The molecule has 2 heterocycles. The van der Waals surface area contributed by atoms with Crippen molar-refractivity contribution in [3.63, 3.8) is 0 Å². The van der Waals surface area contributed by atoms with Gasteiger partial charge in [0.2, 0.25) is 0 Å². The van der Waals surface area contributed by atoms with Crippen molar-refractivity contribution in [1.82, 2.24) is 14.7 Å². The van der Waals surface area contributed by atoms with Gasteiger partial charge < -0.3 is 9.64 Å². The minimum atomic E-state index is -0.597. The van der Waals surface area contributed by atoms with Crippen LogP contribution in [0, 0.1) is 0 Å². The zero-order chi connectivity index (χ0) is 21.3. The fourth-order valence-electron chi connectivity index (χ4n) is 3.69. The van der Waals surface area contributed by atoms with E-state index in [9.17, 15) is 15.2 Å². The van der Waals surface area contributed by atoms with Gasteiger partial charge in [-0.05, 0) is 44.7 Å². The summed E-state index contributed by atoms with van der Waals surface area (Å²) in [6.07, 6.45) is 1.66. The molecule has 1 aliphatic heterocycles. The highest BCUT2D eigenvalue weighted by Crippen LogP contribution is 2.33. The SMILES string of the molecule is CCc1cccc(CC)c1-n1nc2c(c1N(O)O)CN(C(=O)OC(C)(C)C)CC2. The Morgan fingerprint density at radius 1 is 1.21 bits per heavy atom. The number of aryl methyl sites for hydroxylation is 2. The normalized spacial score (nSPS) is 14.0. The fourth-order valence-corrected chi connectivity index (χ4v) is 3.69. The number of aromatic nitrogens is 2. The molecular weight excluding hydrogens is 372 g/mol. The molecule has 1 aromatic heterocycles. The molecule has 0 bridgehead atoms. The lowest BCUT2D eigenvalue weighted by atomic mass is 10.0. The number of hydrogen-bond donors (Lipinski definition) is 2. The van der Waals surface area contributed by atoms with Gasteiger partial charge in [0.1, 0.15) is 5.60 Å². The Hall–Kier alpha value is -2.58. The van der Waals surface area contributed by atoms with Crippen LogP contribution in [0.1, 0.15) is 57.0 Å². The molecule has 2 N–H and O–H groups in total. The number of ether oxygens (including phenoxy) is 1. The maximum Gasteiger partial charge on any atom is 0.410 e. The molecule has 8 heteroatoms. The first kappa shape index (κ1) is 21.1. The average Bonchev–Trinajstić information content (AvgIpc) is 3.04. The summed E-state index contributed by atoms with van der Waals surface area (Å²) in [5.41, 5.74) is 3.76. The Kier molecular flexibility index (Phi) is 5.86. The van der Waals surface area contributed by atoms with E-state index >= 15 is 0 Å². The number of carbonyl (C=O) groups excluding carboxylic acids is 1. The lowest BCUT2D eigenvalue weighted by Gasteiger charge is -2.30. The zero-order valence-corrected chi connectivity index (χ0v) is 17.8.